The summed E-state index contributed by atoms with van der Waals surface area (Å²) in [5.74, 6) is -0.515. The van der Waals surface area contributed by atoms with E-state index in [4.69, 9.17) is 27.8 Å². The van der Waals surface area contributed by atoms with Crippen molar-refractivity contribution in [1.29, 1.82) is 0 Å². The lowest BCUT2D eigenvalue weighted by atomic mass is 10.0. The van der Waals surface area contributed by atoms with Gasteiger partial charge in [0.15, 0.2) is 5.82 Å². The van der Waals surface area contributed by atoms with E-state index in [2.05, 4.69) is 15.3 Å². The Morgan fingerprint density at radius 1 is 1.23 bits per heavy atom. The van der Waals surface area contributed by atoms with Crippen LogP contribution in [0.4, 0.5) is 4.39 Å². The van der Waals surface area contributed by atoms with Gasteiger partial charge in [0.25, 0.3) is 0 Å². The molecule has 0 aliphatic carbocycles. The molecule has 1 aliphatic heterocycles. The van der Waals surface area contributed by atoms with Crippen LogP contribution in [-0.4, -0.2) is 46.4 Å². The smallest absolute Gasteiger partial charge is 0.354 e. The van der Waals surface area contributed by atoms with Crippen LogP contribution in [0.1, 0.15) is 43.4 Å². The van der Waals surface area contributed by atoms with Crippen molar-refractivity contribution in [2.24, 2.45) is 11.5 Å². The van der Waals surface area contributed by atoms with E-state index in [0.717, 1.165) is 36.8 Å². The maximum atomic E-state index is 15.0. The van der Waals surface area contributed by atoms with Gasteiger partial charge in [-0.1, -0.05) is 23.7 Å². The van der Waals surface area contributed by atoms with E-state index in [0.29, 0.717) is 47.7 Å². The lowest BCUT2D eigenvalue weighted by Crippen LogP contribution is -2.44. The number of nitrogens with one attached hydrogen (secondary N) is 2. The molecule has 0 amide bonds. The number of aryl methyl sites for hydroxylation is 1. The normalized spacial score (nSPS) is 18.5. The predicted octanol–water partition coefficient (Wildman–Crippen LogP) is 4.22. The van der Waals surface area contributed by atoms with Gasteiger partial charge < -0.3 is 26.5 Å². The molecule has 1 fully saturated rings. The molecule has 2 aromatic carbocycles. The second-order valence-electron chi connectivity index (χ2n) is 10.3. The van der Waals surface area contributed by atoms with E-state index < -0.39 is 11.5 Å². The minimum atomic E-state index is -0.515. The number of aromatic amines is 1. The molecule has 0 unspecified atom stereocenters. The summed E-state index contributed by atoms with van der Waals surface area (Å²) in [5.41, 5.74) is 15.0. The molecule has 8 nitrogen and oxygen atoms in total. The summed E-state index contributed by atoms with van der Waals surface area (Å²) in [7, 11) is 0. The molecule has 5 rings (SSSR count). The minimum absolute atomic E-state index is 0.0572. The number of halogens is 2. The van der Waals surface area contributed by atoms with Gasteiger partial charge in [-0.3, -0.25) is 4.57 Å². The summed E-state index contributed by atoms with van der Waals surface area (Å²) in [6.07, 6.45) is 5.05. The summed E-state index contributed by atoms with van der Waals surface area (Å²) >= 11 is 6.23. The third kappa shape index (κ3) is 6.23. The monoisotopic (exact) mass is 552 g/mol. The number of benzene rings is 2. The van der Waals surface area contributed by atoms with Crippen molar-refractivity contribution in [2.45, 2.75) is 50.7 Å². The molecule has 3 atom stereocenters. The summed E-state index contributed by atoms with van der Waals surface area (Å²) in [6, 6.07) is 13.4. The van der Waals surface area contributed by atoms with Gasteiger partial charge in [0.05, 0.1) is 35.7 Å². The lowest BCUT2D eigenvalue weighted by Gasteiger charge is -2.31. The van der Waals surface area contributed by atoms with Crippen molar-refractivity contribution in [1.82, 2.24) is 19.9 Å². The van der Waals surface area contributed by atoms with Crippen molar-refractivity contribution in [3.63, 3.8) is 0 Å². The molecule has 39 heavy (non-hydrogen) atoms. The fourth-order valence-corrected chi connectivity index (χ4v) is 5.32. The number of nitrogens with two attached hydrogens (primary N) is 2. The Hall–Kier alpha value is -3.08. The molecule has 1 aliphatic rings. The second kappa shape index (κ2) is 12.0. The molecule has 2 aromatic heterocycles. The zero-order valence-electron chi connectivity index (χ0n) is 21.9. The number of fused-ring (bicyclic) bond motifs is 1. The average Bonchev–Trinajstić information content (AvgIpc) is 3.33. The Labute approximate surface area is 231 Å². The molecule has 10 heteroatoms. The molecule has 3 heterocycles. The first-order valence-corrected chi connectivity index (χ1v) is 13.7. The Kier molecular flexibility index (Phi) is 8.44. The first-order valence-electron chi connectivity index (χ1n) is 13.3. The van der Waals surface area contributed by atoms with Gasteiger partial charge in [-0.15, -0.1) is 0 Å². The summed E-state index contributed by atoms with van der Waals surface area (Å²) in [6.45, 7) is 3.80. The van der Waals surface area contributed by atoms with Crippen LogP contribution in [0.5, 0.6) is 0 Å². The SMILES string of the molecule is C[C@H](N)CCCc1cc(Cl)c(F)c(-c2cc3cn(-c4ccc([C@@H]5COC[C@@H](CCN)N5)cc4)c(=O)nc3[nH]2)c1. The Morgan fingerprint density at radius 3 is 2.77 bits per heavy atom. The molecule has 1 saturated heterocycles. The van der Waals surface area contributed by atoms with Gasteiger partial charge in [0.1, 0.15) is 5.65 Å². The van der Waals surface area contributed by atoms with Crippen LogP contribution in [0.25, 0.3) is 28.0 Å². The van der Waals surface area contributed by atoms with Crippen LogP contribution in [0.15, 0.2) is 53.5 Å². The molecule has 206 valence electrons. The number of ether oxygens (including phenoxy) is 1. The topological polar surface area (TPSA) is 124 Å². The molecule has 0 bridgehead atoms. The van der Waals surface area contributed by atoms with Crippen LogP contribution >= 0.6 is 11.6 Å². The quantitative estimate of drug-likeness (QED) is 0.246. The number of H-pyrrole nitrogens is 1. The van der Waals surface area contributed by atoms with Crippen LogP contribution in [0.3, 0.4) is 0 Å². The van der Waals surface area contributed by atoms with Crippen molar-refractivity contribution >= 4 is 22.6 Å². The van der Waals surface area contributed by atoms with Gasteiger partial charge in [-0.25, -0.2) is 9.18 Å². The molecule has 0 radical (unpaired) electrons. The lowest BCUT2D eigenvalue weighted by molar-refractivity contribution is 0.0434. The highest BCUT2D eigenvalue weighted by Crippen LogP contribution is 2.31. The number of nitrogens with zero attached hydrogens (tertiary/aromatic N) is 2. The Balaban J connectivity index is 1.41. The zero-order chi connectivity index (χ0) is 27.5. The van der Waals surface area contributed by atoms with E-state index in [1.54, 1.807) is 24.4 Å². The van der Waals surface area contributed by atoms with E-state index in [1.807, 2.05) is 31.2 Å². The molecule has 0 saturated carbocycles. The van der Waals surface area contributed by atoms with Crippen molar-refractivity contribution in [3.8, 4) is 16.9 Å². The highest BCUT2D eigenvalue weighted by Gasteiger charge is 2.22. The van der Waals surface area contributed by atoms with Gasteiger partial charge in [-0.2, -0.15) is 4.98 Å². The standard InChI is InChI=1S/C29H34ClFN6O2/c1-17(33)3-2-4-18-11-23(27(31)24(30)12-18)25-13-20-14-37(29(38)36-28(20)35-25)22-7-5-19(6-8-22)26-16-39-15-21(34-26)9-10-32/h5-8,11-14,17,21,26,34H,2-4,9-10,15-16,32-33H2,1H3,(H,35,36,38)/t17-,21+,26-/m0/s1. The van der Waals surface area contributed by atoms with E-state index in [-0.39, 0.29) is 23.1 Å². The number of hydrogen-bond donors (Lipinski definition) is 4. The van der Waals surface area contributed by atoms with Crippen LogP contribution < -0.4 is 22.5 Å². The fraction of sp³-hybridized carbons (Fsp3) is 0.379. The molecular weight excluding hydrogens is 519 g/mol. The van der Waals surface area contributed by atoms with Gasteiger partial charge >= 0.3 is 5.69 Å². The number of hydrogen-bond acceptors (Lipinski definition) is 6. The van der Waals surface area contributed by atoms with Crippen LogP contribution in [0, 0.1) is 5.82 Å². The summed E-state index contributed by atoms with van der Waals surface area (Å²) in [4.78, 5) is 20.2. The largest absolute Gasteiger partial charge is 0.378 e. The summed E-state index contributed by atoms with van der Waals surface area (Å²) < 4.78 is 22.3. The van der Waals surface area contributed by atoms with Gasteiger partial charge in [0, 0.05) is 29.2 Å². The van der Waals surface area contributed by atoms with Crippen molar-refractivity contribution in [2.75, 3.05) is 19.8 Å². The molecule has 6 N–H and O–H groups in total. The maximum absolute atomic E-state index is 15.0. The maximum Gasteiger partial charge on any atom is 0.354 e. The first kappa shape index (κ1) is 27.5. The number of aromatic nitrogens is 3. The van der Waals surface area contributed by atoms with E-state index in [9.17, 15) is 4.79 Å². The van der Waals surface area contributed by atoms with Crippen LogP contribution in [-0.2, 0) is 11.2 Å². The Bertz CT molecular complexity index is 1500. The van der Waals surface area contributed by atoms with Crippen LogP contribution in [0.2, 0.25) is 5.02 Å². The van der Waals surface area contributed by atoms with Crippen molar-refractivity contribution in [3.05, 3.63) is 81.1 Å². The predicted molar refractivity (Wildman–Crippen MR) is 153 cm³/mol. The number of rotatable bonds is 9. The average molecular weight is 553 g/mol. The second-order valence-corrected chi connectivity index (χ2v) is 10.7. The van der Waals surface area contributed by atoms with E-state index in [1.165, 1.54) is 4.57 Å². The zero-order valence-corrected chi connectivity index (χ0v) is 22.7. The first-order chi connectivity index (χ1) is 18.8. The minimum Gasteiger partial charge on any atom is -0.378 e. The summed E-state index contributed by atoms with van der Waals surface area (Å²) in [5, 5.41) is 4.31. The fourth-order valence-electron chi connectivity index (χ4n) is 5.07. The highest BCUT2D eigenvalue weighted by atomic mass is 35.5. The molecular formula is C29H34ClFN6O2. The Morgan fingerprint density at radius 2 is 2.03 bits per heavy atom. The van der Waals surface area contributed by atoms with Gasteiger partial charge in [0.2, 0.25) is 0 Å². The van der Waals surface area contributed by atoms with Gasteiger partial charge in [-0.05, 0) is 80.6 Å². The number of morpholine rings is 1. The third-order valence-corrected chi connectivity index (χ3v) is 7.42. The molecule has 4 aromatic rings. The highest BCUT2D eigenvalue weighted by molar-refractivity contribution is 6.31. The molecule has 0 spiro atoms. The van der Waals surface area contributed by atoms with Crippen molar-refractivity contribution < 1.29 is 9.13 Å². The van der Waals surface area contributed by atoms with E-state index >= 15 is 4.39 Å². The third-order valence-electron chi connectivity index (χ3n) is 7.14.